The van der Waals surface area contributed by atoms with E-state index in [9.17, 15) is 28.3 Å². The Bertz CT molecular complexity index is 1440. The van der Waals surface area contributed by atoms with Gasteiger partial charge < -0.3 is 24.6 Å². The summed E-state index contributed by atoms with van der Waals surface area (Å²) in [5, 5.41) is 13.3. The van der Waals surface area contributed by atoms with Gasteiger partial charge >= 0.3 is 0 Å². The van der Waals surface area contributed by atoms with E-state index in [1.807, 2.05) is 6.07 Å². The fourth-order valence-corrected chi connectivity index (χ4v) is 4.82. The molecule has 36 heavy (non-hydrogen) atoms. The molecule has 2 aliphatic rings. The maximum absolute atomic E-state index is 14.0. The molecule has 11 heteroatoms. The molecule has 1 atom stereocenters. The summed E-state index contributed by atoms with van der Waals surface area (Å²) in [6.45, 7) is 1.93. The van der Waals surface area contributed by atoms with E-state index in [4.69, 9.17) is 4.74 Å². The third kappa shape index (κ3) is 3.91. The zero-order valence-corrected chi connectivity index (χ0v) is 19.3. The number of aromatic hydroxyl groups is 1. The zero-order chi connectivity index (χ0) is 25.6. The number of benzene rings is 1. The lowest BCUT2D eigenvalue weighted by Crippen LogP contribution is -2.58. The number of rotatable bonds is 5. The minimum absolute atomic E-state index is 0.0167. The van der Waals surface area contributed by atoms with Crippen LogP contribution >= 0.6 is 0 Å². The molecule has 0 saturated carbocycles. The summed E-state index contributed by atoms with van der Waals surface area (Å²) in [6, 6.07) is 6.47. The smallest absolute Gasteiger partial charge is 0.274 e. The van der Waals surface area contributed by atoms with Gasteiger partial charge in [-0.3, -0.25) is 19.4 Å². The monoisotopic (exact) mass is 496 g/mol. The second-order valence-corrected chi connectivity index (χ2v) is 9.11. The van der Waals surface area contributed by atoms with Crippen molar-refractivity contribution in [3.63, 3.8) is 0 Å². The molecule has 0 saturated heterocycles. The lowest BCUT2D eigenvalue weighted by atomic mass is 9.92. The van der Waals surface area contributed by atoms with Crippen LogP contribution < -0.4 is 10.7 Å². The molecule has 3 aromatic rings. The Labute approximate surface area is 204 Å². The Morgan fingerprint density at radius 2 is 2.08 bits per heavy atom. The Kier molecular flexibility index (Phi) is 5.79. The van der Waals surface area contributed by atoms with Crippen molar-refractivity contribution < 1.29 is 28.2 Å². The van der Waals surface area contributed by atoms with Crippen molar-refractivity contribution in [3.05, 3.63) is 92.7 Å². The van der Waals surface area contributed by atoms with Gasteiger partial charge in [0.1, 0.15) is 17.2 Å². The highest BCUT2D eigenvalue weighted by molar-refractivity contribution is 6.00. The molecule has 186 valence electrons. The van der Waals surface area contributed by atoms with Gasteiger partial charge in [0.2, 0.25) is 5.43 Å². The largest absolute Gasteiger partial charge is 0.503 e. The third-order valence-electron chi connectivity index (χ3n) is 6.44. The number of aromatic nitrogens is 2. The van der Waals surface area contributed by atoms with E-state index in [-0.39, 0.29) is 49.8 Å². The molecule has 0 aliphatic carbocycles. The molecule has 2 aliphatic heterocycles. The molecule has 0 fully saturated rings. The molecule has 5 rings (SSSR count). The fourth-order valence-electron chi connectivity index (χ4n) is 4.82. The van der Waals surface area contributed by atoms with Gasteiger partial charge in [-0.25, -0.2) is 8.78 Å². The number of pyridine rings is 2. The number of carbonyl (C=O) groups is 2. The Morgan fingerprint density at radius 1 is 1.28 bits per heavy atom. The normalized spacial score (nSPS) is 18.6. The molecule has 2 amide bonds. The molecule has 9 nitrogen and oxygen atoms in total. The van der Waals surface area contributed by atoms with Crippen LogP contribution in [0.5, 0.6) is 5.75 Å². The van der Waals surface area contributed by atoms with E-state index in [1.54, 1.807) is 25.4 Å². The number of carbonyl (C=O) groups excluding carboxylic acids is 2. The van der Waals surface area contributed by atoms with E-state index < -0.39 is 45.7 Å². The van der Waals surface area contributed by atoms with Crippen LogP contribution in [-0.4, -0.2) is 44.5 Å². The highest BCUT2D eigenvalue weighted by Gasteiger charge is 2.46. The summed E-state index contributed by atoms with van der Waals surface area (Å²) in [4.78, 5) is 45.2. The molecular formula is C25H22F2N4O5. The molecular weight excluding hydrogens is 474 g/mol. The van der Waals surface area contributed by atoms with Crippen molar-refractivity contribution >= 4 is 11.8 Å². The predicted molar refractivity (Wildman–Crippen MR) is 122 cm³/mol. The third-order valence-corrected chi connectivity index (χ3v) is 6.44. The number of nitrogens with one attached hydrogen (secondary N) is 1. The van der Waals surface area contributed by atoms with Gasteiger partial charge in [0.25, 0.3) is 11.8 Å². The molecule has 0 radical (unpaired) electrons. The van der Waals surface area contributed by atoms with Crippen LogP contribution in [-0.2, 0) is 30.0 Å². The average Bonchev–Trinajstić information content (AvgIpc) is 2.84. The van der Waals surface area contributed by atoms with Crippen LogP contribution in [0.2, 0.25) is 0 Å². The molecule has 4 heterocycles. The number of halogens is 2. The van der Waals surface area contributed by atoms with Crippen LogP contribution in [0.3, 0.4) is 0 Å². The second-order valence-electron chi connectivity index (χ2n) is 9.11. The van der Waals surface area contributed by atoms with Crippen LogP contribution in [0, 0.1) is 11.6 Å². The predicted octanol–water partition coefficient (Wildman–Crippen LogP) is 2.06. The second kappa shape index (κ2) is 8.83. The Hall–Kier alpha value is -4.12. The molecule has 1 unspecified atom stereocenters. The molecule has 1 aromatic carbocycles. The van der Waals surface area contributed by atoms with Gasteiger partial charge in [-0.15, -0.1) is 0 Å². The molecule has 2 aromatic heterocycles. The van der Waals surface area contributed by atoms with Crippen LogP contribution in [0.25, 0.3) is 0 Å². The van der Waals surface area contributed by atoms with E-state index in [0.29, 0.717) is 6.07 Å². The highest BCUT2D eigenvalue weighted by atomic mass is 19.1. The van der Waals surface area contributed by atoms with Gasteiger partial charge in [0.15, 0.2) is 11.4 Å². The summed E-state index contributed by atoms with van der Waals surface area (Å²) in [6.07, 6.45) is 3.24. The quantitative estimate of drug-likeness (QED) is 0.559. The number of ether oxygens (including phenoxy) is 1. The SMILES string of the molecule is CC12COCc3c(C(=O)NCc4ccc(F)cc4F)c(=O)c(O)c(n31)C(=O)N(Cc1cccnc1)C2. The average molecular weight is 496 g/mol. The van der Waals surface area contributed by atoms with Crippen molar-refractivity contribution in [3.8, 4) is 5.75 Å². The van der Waals surface area contributed by atoms with Crippen LogP contribution in [0.1, 0.15) is 44.6 Å². The van der Waals surface area contributed by atoms with Crippen molar-refractivity contribution in [2.24, 2.45) is 0 Å². The van der Waals surface area contributed by atoms with Gasteiger partial charge in [-0.05, 0) is 24.6 Å². The number of hydrogen-bond acceptors (Lipinski definition) is 6. The summed E-state index contributed by atoms with van der Waals surface area (Å²) >= 11 is 0. The van der Waals surface area contributed by atoms with Crippen molar-refractivity contribution in [1.29, 1.82) is 0 Å². The first-order chi connectivity index (χ1) is 17.2. The number of hydrogen-bond donors (Lipinski definition) is 2. The van der Waals surface area contributed by atoms with Crippen LogP contribution in [0.15, 0.2) is 47.5 Å². The van der Waals surface area contributed by atoms with Gasteiger partial charge in [0.05, 0.1) is 24.4 Å². The zero-order valence-electron chi connectivity index (χ0n) is 19.3. The van der Waals surface area contributed by atoms with Gasteiger partial charge in [0, 0.05) is 43.7 Å². The first kappa shape index (κ1) is 23.6. The molecule has 0 bridgehead atoms. The van der Waals surface area contributed by atoms with Crippen molar-refractivity contribution in [1.82, 2.24) is 19.8 Å². The van der Waals surface area contributed by atoms with Crippen molar-refractivity contribution in [2.45, 2.75) is 32.2 Å². The number of amides is 2. The standard InChI is InChI=1S/C25H22F2N4O5/c1-25-12-30(10-14-3-2-6-28-8-14)24(35)20-22(33)21(32)19(18(31(20)25)11-36-13-25)23(34)29-9-15-4-5-16(26)7-17(15)27/h2-8,33H,9-13H2,1H3,(H,29,34). The Morgan fingerprint density at radius 3 is 2.81 bits per heavy atom. The summed E-state index contributed by atoms with van der Waals surface area (Å²) in [7, 11) is 0. The first-order valence-corrected chi connectivity index (χ1v) is 11.2. The minimum atomic E-state index is -1.03. The summed E-state index contributed by atoms with van der Waals surface area (Å²) in [5.41, 5.74) is -1.57. The van der Waals surface area contributed by atoms with Crippen LogP contribution in [0.4, 0.5) is 8.78 Å². The first-order valence-electron chi connectivity index (χ1n) is 11.2. The minimum Gasteiger partial charge on any atom is -0.503 e. The maximum atomic E-state index is 14.0. The van der Waals surface area contributed by atoms with Crippen molar-refractivity contribution in [2.75, 3.05) is 13.2 Å². The van der Waals surface area contributed by atoms with E-state index in [2.05, 4.69) is 10.3 Å². The highest BCUT2D eigenvalue weighted by Crippen LogP contribution is 2.37. The lowest BCUT2D eigenvalue weighted by molar-refractivity contribution is -0.0191. The fraction of sp³-hybridized carbons (Fsp3) is 0.280. The van der Waals surface area contributed by atoms with E-state index in [0.717, 1.165) is 11.6 Å². The van der Waals surface area contributed by atoms with E-state index in [1.165, 1.54) is 15.5 Å². The van der Waals surface area contributed by atoms with Gasteiger partial charge in [-0.2, -0.15) is 0 Å². The molecule has 0 spiro atoms. The van der Waals surface area contributed by atoms with E-state index >= 15 is 0 Å². The Balaban J connectivity index is 1.53. The number of nitrogens with zero attached hydrogens (tertiary/aromatic N) is 3. The summed E-state index contributed by atoms with van der Waals surface area (Å²) in [5.74, 6) is -3.89. The lowest BCUT2D eigenvalue weighted by Gasteiger charge is -2.47. The van der Waals surface area contributed by atoms with Gasteiger partial charge in [-0.1, -0.05) is 12.1 Å². The topological polar surface area (TPSA) is 114 Å². The maximum Gasteiger partial charge on any atom is 0.274 e. The summed E-state index contributed by atoms with van der Waals surface area (Å²) < 4.78 is 34.4. The molecule has 2 N–H and O–H groups in total.